The van der Waals surface area contributed by atoms with Gasteiger partial charge in [0.2, 0.25) is 0 Å². The fourth-order valence-electron chi connectivity index (χ4n) is 3.23. The molecule has 0 aromatic heterocycles. The Bertz CT molecular complexity index is 629. The van der Waals surface area contributed by atoms with Crippen LogP contribution in [0.4, 0.5) is 8.78 Å². The zero-order valence-corrected chi connectivity index (χ0v) is 12.3. The Balaban J connectivity index is 1.64. The molecule has 0 saturated carbocycles. The molecule has 2 heteroatoms. The maximum Gasteiger partial charge on any atom is 0.162 e. The minimum absolute atomic E-state index is 0.573. The van der Waals surface area contributed by atoms with Crippen LogP contribution < -0.4 is 0 Å². The molecule has 1 unspecified atom stereocenters. The molecule has 0 fully saturated rings. The van der Waals surface area contributed by atoms with Gasteiger partial charge >= 0.3 is 0 Å². The summed E-state index contributed by atoms with van der Waals surface area (Å²) in [4.78, 5) is 0. The quantitative estimate of drug-likeness (QED) is 0.744. The highest BCUT2D eigenvalue weighted by atomic mass is 19.2. The average molecular weight is 286 g/mol. The summed E-state index contributed by atoms with van der Waals surface area (Å²) < 4.78 is 27.0. The van der Waals surface area contributed by atoms with Crippen LogP contribution >= 0.6 is 0 Å². The lowest BCUT2D eigenvalue weighted by molar-refractivity contribution is 0.409. The molecular formula is C19H20F2. The first-order valence-corrected chi connectivity index (χ1v) is 7.65. The molecule has 2 aromatic rings. The summed E-state index contributed by atoms with van der Waals surface area (Å²) in [6.45, 7) is 2.09. The van der Waals surface area contributed by atoms with E-state index < -0.39 is 11.6 Å². The molecule has 0 nitrogen and oxygen atoms in total. The predicted octanol–water partition coefficient (Wildman–Crippen LogP) is 5.01. The Morgan fingerprint density at radius 2 is 1.81 bits per heavy atom. The number of halogens is 2. The molecule has 1 aliphatic carbocycles. The molecule has 2 aromatic carbocycles. The molecule has 0 bridgehead atoms. The highest BCUT2D eigenvalue weighted by Crippen LogP contribution is 2.31. The van der Waals surface area contributed by atoms with Crippen molar-refractivity contribution >= 4 is 0 Å². The van der Waals surface area contributed by atoms with Crippen molar-refractivity contribution in [3.05, 3.63) is 70.3 Å². The van der Waals surface area contributed by atoms with Crippen LogP contribution in [0.1, 0.15) is 35.1 Å². The van der Waals surface area contributed by atoms with Gasteiger partial charge in [0, 0.05) is 0 Å². The molecule has 3 rings (SSSR count). The van der Waals surface area contributed by atoms with Crippen LogP contribution in [0, 0.1) is 24.5 Å². The van der Waals surface area contributed by atoms with Gasteiger partial charge in [-0.3, -0.25) is 0 Å². The smallest absolute Gasteiger partial charge is 0.162 e. The topological polar surface area (TPSA) is 0 Å². The van der Waals surface area contributed by atoms with E-state index in [1.165, 1.54) is 17.2 Å². The Labute approximate surface area is 124 Å². The van der Waals surface area contributed by atoms with E-state index in [9.17, 15) is 8.78 Å². The zero-order chi connectivity index (χ0) is 14.8. The standard InChI is InChI=1S/C19H20F2/c1-13-2-4-14(5-3-13)6-7-15-8-10-17-16(12-15)9-11-18(20)19(17)21/h2-5,9,11,15H,6-8,10,12H2,1H3. The van der Waals surface area contributed by atoms with Crippen molar-refractivity contribution in [3.8, 4) is 0 Å². The summed E-state index contributed by atoms with van der Waals surface area (Å²) >= 11 is 0. The Kier molecular flexibility index (Phi) is 4.05. The lowest BCUT2D eigenvalue weighted by Gasteiger charge is -2.25. The fourth-order valence-corrected chi connectivity index (χ4v) is 3.23. The van der Waals surface area contributed by atoms with Crippen LogP contribution in [-0.2, 0) is 19.3 Å². The molecule has 110 valence electrons. The van der Waals surface area contributed by atoms with Gasteiger partial charge in [-0.05, 0) is 67.7 Å². The molecule has 0 amide bonds. The third-order valence-corrected chi connectivity index (χ3v) is 4.57. The minimum Gasteiger partial charge on any atom is -0.204 e. The van der Waals surface area contributed by atoms with Crippen molar-refractivity contribution in [2.75, 3.05) is 0 Å². The number of fused-ring (bicyclic) bond motifs is 1. The number of aryl methyl sites for hydroxylation is 2. The second kappa shape index (κ2) is 5.97. The van der Waals surface area contributed by atoms with Crippen molar-refractivity contribution in [2.24, 2.45) is 5.92 Å². The average Bonchev–Trinajstić information content (AvgIpc) is 2.50. The lowest BCUT2D eigenvalue weighted by atomic mass is 9.81. The van der Waals surface area contributed by atoms with Gasteiger partial charge in [-0.1, -0.05) is 35.9 Å². The van der Waals surface area contributed by atoms with E-state index in [1.807, 2.05) is 0 Å². The highest BCUT2D eigenvalue weighted by molar-refractivity contribution is 5.32. The minimum atomic E-state index is -0.716. The molecular weight excluding hydrogens is 266 g/mol. The van der Waals surface area contributed by atoms with Crippen molar-refractivity contribution in [2.45, 2.75) is 39.0 Å². The molecule has 21 heavy (non-hydrogen) atoms. The van der Waals surface area contributed by atoms with E-state index in [0.29, 0.717) is 17.9 Å². The summed E-state index contributed by atoms with van der Waals surface area (Å²) in [5.74, 6) is -0.778. The van der Waals surface area contributed by atoms with Gasteiger partial charge in [-0.2, -0.15) is 0 Å². The Hall–Kier alpha value is -1.70. The predicted molar refractivity (Wildman–Crippen MR) is 81.4 cm³/mol. The Morgan fingerprint density at radius 3 is 2.57 bits per heavy atom. The highest BCUT2D eigenvalue weighted by Gasteiger charge is 2.22. The van der Waals surface area contributed by atoms with Gasteiger partial charge in [-0.25, -0.2) is 8.78 Å². The molecule has 0 N–H and O–H groups in total. The summed E-state index contributed by atoms with van der Waals surface area (Å²) in [5, 5.41) is 0. The third kappa shape index (κ3) is 3.15. The van der Waals surface area contributed by atoms with Gasteiger partial charge in [0.15, 0.2) is 11.6 Å². The molecule has 1 aliphatic rings. The van der Waals surface area contributed by atoms with E-state index in [-0.39, 0.29) is 0 Å². The first-order valence-electron chi connectivity index (χ1n) is 7.65. The maximum absolute atomic E-state index is 13.7. The van der Waals surface area contributed by atoms with Gasteiger partial charge < -0.3 is 0 Å². The van der Waals surface area contributed by atoms with E-state index in [0.717, 1.165) is 31.2 Å². The fraction of sp³-hybridized carbons (Fsp3) is 0.368. The van der Waals surface area contributed by atoms with Crippen LogP contribution in [-0.4, -0.2) is 0 Å². The zero-order valence-electron chi connectivity index (χ0n) is 12.3. The second-order valence-electron chi connectivity index (χ2n) is 6.13. The number of hydrogen-bond donors (Lipinski definition) is 0. The van der Waals surface area contributed by atoms with E-state index in [4.69, 9.17) is 0 Å². The SMILES string of the molecule is Cc1ccc(CCC2CCc3c(ccc(F)c3F)C2)cc1. The van der Waals surface area contributed by atoms with Crippen molar-refractivity contribution in [3.63, 3.8) is 0 Å². The number of benzene rings is 2. The maximum atomic E-state index is 13.7. The summed E-state index contributed by atoms with van der Waals surface area (Å²) in [6, 6.07) is 11.7. The van der Waals surface area contributed by atoms with Crippen molar-refractivity contribution in [1.29, 1.82) is 0 Å². The van der Waals surface area contributed by atoms with Crippen LogP contribution in [0.2, 0.25) is 0 Å². The van der Waals surface area contributed by atoms with Gasteiger partial charge in [-0.15, -0.1) is 0 Å². The Morgan fingerprint density at radius 1 is 1.05 bits per heavy atom. The third-order valence-electron chi connectivity index (χ3n) is 4.57. The van der Waals surface area contributed by atoms with E-state index in [2.05, 4.69) is 31.2 Å². The number of hydrogen-bond acceptors (Lipinski definition) is 0. The van der Waals surface area contributed by atoms with E-state index in [1.54, 1.807) is 6.07 Å². The normalized spacial score (nSPS) is 17.6. The largest absolute Gasteiger partial charge is 0.204 e. The first-order chi connectivity index (χ1) is 10.1. The summed E-state index contributed by atoms with van der Waals surface area (Å²) in [7, 11) is 0. The molecule has 0 heterocycles. The lowest BCUT2D eigenvalue weighted by Crippen LogP contribution is -2.17. The molecule has 0 spiro atoms. The second-order valence-corrected chi connectivity index (χ2v) is 6.13. The van der Waals surface area contributed by atoms with Gasteiger partial charge in [0.1, 0.15) is 0 Å². The van der Waals surface area contributed by atoms with Crippen LogP contribution in [0.3, 0.4) is 0 Å². The van der Waals surface area contributed by atoms with Gasteiger partial charge in [0.25, 0.3) is 0 Å². The van der Waals surface area contributed by atoms with Gasteiger partial charge in [0.05, 0.1) is 0 Å². The van der Waals surface area contributed by atoms with Crippen LogP contribution in [0.15, 0.2) is 36.4 Å². The molecule has 1 atom stereocenters. The van der Waals surface area contributed by atoms with Crippen LogP contribution in [0.25, 0.3) is 0 Å². The molecule has 0 aliphatic heterocycles. The van der Waals surface area contributed by atoms with Crippen LogP contribution in [0.5, 0.6) is 0 Å². The number of rotatable bonds is 3. The summed E-state index contributed by atoms with van der Waals surface area (Å²) in [6.07, 6.45) is 4.67. The molecule has 0 radical (unpaired) electrons. The van der Waals surface area contributed by atoms with Crippen molar-refractivity contribution < 1.29 is 8.78 Å². The first kappa shape index (κ1) is 14.2. The van der Waals surface area contributed by atoms with E-state index >= 15 is 0 Å². The van der Waals surface area contributed by atoms with Crippen molar-refractivity contribution in [1.82, 2.24) is 0 Å². The molecule has 0 saturated heterocycles. The summed E-state index contributed by atoms with van der Waals surface area (Å²) in [5.41, 5.74) is 4.23. The monoisotopic (exact) mass is 286 g/mol.